The summed E-state index contributed by atoms with van der Waals surface area (Å²) in [5.41, 5.74) is 6.80. The van der Waals surface area contributed by atoms with Gasteiger partial charge in [-0.2, -0.15) is 0 Å². The van der Waals surface area contributed by atoms with Gasteiger partial charge in [-0.1, -0.05) is 27.6 Å². The van der Waals surface area contributed by atoms with Crippen molar-refractivity contribution >= 4 is 21.9 Å². The summed E-state index contributed by atoms with van der Waals surface area (Å²) in [4.78, 5) is 11.3. The first-order chi connectivity index (χ1) is 6.06. The number of halogens is 1. The summed E-state index contributed by atoms with van der Waals surface area (Å²) in [6.45, 7) is 1.90. The van der Waals surface area contributed by atoms with Crippen LogP contribution in [0.3, 0.4) is 0 Å². The molecule has 0 aromatic heterocycles. The van der Waals surface area contributed by atoms with Crippen molar-refractivity contribution in [3.8, 4) is 0 Å². The molecular weight excluding hydrogens is 234 g/mol. The Balaban J connectivity index is 2.89. The van der Waals surface area contributed by atoms with Gasteiger partial charge in [0.15, 0.2) is 0 Å². The Morgan fingerprint density at radius 1 is 1.69 bits per heavy atom. The lowest BCUT2D eigenvalue weighted by Crippen LogP contribution is -2.37. The third-order valence-electron chi connectivity index (χ3n) is 2.09. The average molecular weight is 246 g/mol. The molecule has 0 radical (unpaired) electrons. The number of ether oxygens (including phenoxy) is 1. The SMILES string of the molecule is COC(=O)C1C=C(Br)C=C(C)C1N. The van der Waals surface area contributed by atoms with Crippen LogP contribution in [0.25, 0.3) is 0 Å². The van der Waals surface area contributed by atoms with Gasteiger partial charge in [-0.05, 0) is 13.0 Å². The van der Waals surface area contributed by atoms with Gasteiger partial charge >= 0.3 is 5.97 Å². The molecule has 0 aromatic carbocycles. The van der Waals surface area contributed by atoms with E-state index in [1.165, 1.54) is 7.11 Å². The molecule has 1 aliphatic carbocycles. The molecule has 0 amide bonds. The van der Waals surface area contributed by atoms with E-state index in [1.54, 1.807) is 6.08 Å². The Morgan fingerprint density at radius 3 is 2.85 bits per heavy atom. The second kappa shape index (κ2) is 4.07. The highest BCUT2D eigenvalue weighted by Crippen LogP contribution is 2.25. The van der Waals surface area contributed by atoms with E-state index in [0.717, 1.165) is 10.1 Å². The quantitative estimate of drug-likeness (QED) is 0.710. The first-order valence-electron chi connectivity index (χ1n) is 3.95. The van der Waals surface area contributed by atoms with Crippen LogP contribution in [0.1, 0.15) is 6.92 Å². The number of esters is 1. The van der Waals surface area contributed by atoms with Gasteiger partial charge in [-0.25, -0.2) is 0 Å². The molecule has 0 aliphatic heterocycles. The van der Waals surface area contributed by atoms with Gasteiger partial charge in [0.05, 0.1) is 13.0 Å². The molecule has 4 heteroatoms. The van der Waals surface area contributed by atoms with E-state index >= 15 is 0 Å². The summed E-state index contributed by atoms with van der Waals surface area (Å²) in [5.74, 6) is -0.665. The fourth-order valence-corrected chi connectivity index (χ4v) is 1.92. The lowest BCUT2D eigenvalue weighted by atomic mass is 9.90. The van der Waals surface area contributed by atoms with Crippen molar-refractivity contribution in [2.75, 3.05) is 7.11 Å². The number of methoxy groups -OCH3 is 1. The minimum atomic E-state index is -0.371. The molecule has 0 saturated heterocycles. The molecule has 0 fully saturated rings. The van der Waals surface area contributed by atoms with Gasteiger partial charge in [-0.3, -0.25) is 4.79 Å². The number of rotatable bonds is 1. The topological polar surface area (TPSA) is 52.3 Å². The Morgan fingerprint density at radius 2 is 2.31 bits per heavy atom. The van der Waals surface area contributed by atoms with Gasteiger partial charge in [0.1, 0.15) is 0 Å². The third-order valence-corrected chi connectivity index (χ3v) is 2.58. The van der Waals surface area contributed by atoms with Crippen molar-refractivity contribution in [1.29, 1.82) is 0 Å². The molecule has 72 valence electrons. The predicted octanol–water partition coefficient (Wildman–Crippen LogP) is 1.34. The van der Waals surface area contributed by atoms with Crippen molar-refractivity contribution in [1.82, 2.24) is 0 Å². The Kier molecular flexibility index (Phi) is 3.27. The predicted molar refractivity (Wildman–Crippen MR) is 54.2 cm³/mol. The van der Waals surface area contributed by atoms with Crippen molar-refractivity contribution in [3.05, 3.63) is 22.2 Å². The summed E-state index contributed by atoms with van der Waals surface area (Å²) in [5, 5.41) is 0. The van der Waals surface area contributed by atoms with E-state index in [1.807, 2.05) is 13.0 Å². The number of hydrogen-bond acceptors (Lipinski definition) is 3. The lowest BCUT2D eigenvalue weighted by molar-refractivity contribution is -0.144. The zero-order chi connectivity index (χ0) is 10.0. The smallest absolute Gasteiger partial charge is 0.314 e. The lowest BCUT2D eigenvalue weighted by Gasteiger charge is -2.23. The van der Waals surface area contributed by atoms with Crippen molar-refractivity contribution in [3.63, 3.8) is 0 Å². The van der Waals surface area contributed by atoms with Crippen molar-refractivity contribution in [2.45, 2.75) is 13.0 Å². The molecule has 1 aliphatic rings. The highest BCUT2D eigenvalue weighted by atomic mass is 79.9. The average Bonchev–Trinajstić information content (AvgIpc) is 2.10. The van der Waals surface area contributed by atoms with Crippen LogP contribution in [0.4, 0.5) is 0 Å². The summed E-state index contributed by atoms with van der Waals surface area (Å²) < 4.78 is 5.52. The maximum atomic E-state index is 11.3. The maximum Gasteiger partial charge on any atom is 0.314 e. The molecule has 2 unspecified atom stereocenters. The fourth-order valence-electron chi connectivity index (χ4n) is 1.27. The molecule has 0 heterocycles. The van der Waals surface area contributed by atoms with Crippen molar-refractivity contribution in [2.24, 2.45) is 11.7 Å². The molecular formula is C9H12BrNO2. The first-order valence-corrected chi connectivity index (χ1v) is 4.74. The van der Waals surface area contributed by atoms with Crippen molar-refractivity contribution < 1.29 is 9.53 Å². The molecule has 0 spiro atoms. The van der Waals surface area contributed by atoms with E-state index in [9.17, 15) is 4.79 Å². The third kappa shape index (κ3) is 2.19. The Labute approximate surface area is 85.8 Å². The zero-order valence-electron chi connectivity index (χ0n) is 7.58. The summed E-state index contributed by atoms with van der Waals surface area (Å²) >= 11 is 3.32. The molecule has 0 aromatic rings. The second-order valence-corrected chi connectivity index (χ2v) is 3.93. The second-order valence-electron chi connectivity index (χ2n) is 3.01. The number of hydrogen-bond donors (Lipinski definition) is 1. The molecule has 2 atom stereocenters. The van der Waals surface area contributed by atoms with Crippen LogP contribution < -0.4 is 5.73 Å². The van der Waals surface area contributed by atoms with E-state index < -0.39 is 0 Å². The Bertz CT molecular complexity index is 283. The molecule has 0 bridgehead atoms. The molecule has 13 heavy (non-hydrogen) atoms. The van der Waals surface area contributed by atoms with Gasteiger partial charge in [0.25, 0.3) is 0 Å². The highest BCUT2D eigenvalue weighted by molar-refractivity contribution is 9.11. The minimum Gasteiger partial charge on any atom is -0.469 e. The largest absolute Gasteiger partial charge is 0.469 e. The molecule has 0 saturated carbocycles. The number of nitrogens with two attached hydrogens (primary N) is 1. The standard InChI is InChI=1S/C9H12BrNO2/c1-5-3-6(10)4-7(8(5)11)9(12)13-2/h3-4,7-8H,11H2,1-2H3. The van der Waals surface area contributed by atoms with Crippen LogP contribution in [0.15, 0.2) is 22.2 Å². The van der Waals surface area contributed by atoms with Crippen LogP contribution in [0.2, 0.25) is 0 Å². The normalized spacial score (nSPS) is 27.7. The van der Waals surface area contributed by atoms with Crippen LogP contribution in [0, 0.1) is 5.92 Å². The van der Waals surface area contributed by atoms with Crippen LogP contribution in [-0.4, -0.2) is 19.1 Å². The van der Waals surface area contributed by atoms with Gasteiger partial charge in [0, 0.05) is 10.5 Å². The monoisotopic (exact) mass is 245 g/mol. The van der Waals surface area contributed by atoms with E-state index in [4.69, 9.17) is 5.73 Å². The van der Waals surface area contributed by atoms with E-state index in [-0.39, 0.29) is 17.9 Å². The highest BCUT2D eigenvalue weighted by Gasteiger charge is 2.28. The first kappa shape index (κ1) is 10.5. The number of carbonyl (C=O) groups excluding carboxylic acids is 1. The van der Waals surface area contributed by atoms with Crippen LogP contribution in [0.5, 0.6) is 0 Å². The molecule has 2 N–H and O–H groups in total. The summed E-state index contributed by atoms with van der Waals surface area (Å²) in [7, 11) is 1.37. The van der Waals surface area contributed by atoms with Gasteiger partial charge in [0.2, 0.25) is 0 Å². The minimum absolute atomic E-state index is 0.270. The van der Waals surface area contributed by atoms with Gasteiger partial charge in [-0.15, -0.1) is 0 Å². The van der Waals surface area contributed by atoms with Crippen LogP contribution >= 0.6 is 15.9 Å². The fraction of sp³-hybridized carbons (Fsp3) is 0.444. The maximum absolute atomic E-state index is 11.3. The summed E-state index contributed by atoms with van der Waals surface area (Å²) in [6, 6.07) is -0.270. The van der Waals surface area contributed by atoms with E-state index in [2.05, 4.69) is 20.7 Å². The molecule has 1 rings (SSSR count). The van der Waals surface area contributed by atoms with Crippen LogP contribution in [-0.2, 0) is 9.53 Å². The molecule has 3 nitrogen and oxygen atoms in total. The van der Waals surface area contributed by atoms with E-state index in [0.29, 0.717) is 0 Å². The van der Waals surface area contributed by atoms with Gasteiger partial charge < -0.3 is 10.5 Å². The number of carbonyl (C=O) groups is 1. The Hall–Kier alpha value is -0.610. The number of allylic oxidation sites excluding steroid dienone is 2. The summed E-state index contributed by atoms with van der Waals surface area (Å²) in [6.07, 6.45) is 3.67. The zero-order valence-corrected chi connectivity index (χ0v) is 9.17.